The molecule has 3 aromatic rings. The summed E-state index contributed by atoms with van der Waals surface area (Å²) in [7, 11) is 3.24. The van der Waals surface area contributed by atoms with Crippen LogP contribution in [0.1, 0.15) is 49.8 Å². The lowest BCUT2D eigenvalue weighted by molar-refractivity contribution is -0.165. The number of carbonyl (C=O) groups is 4. The van der Waals surface area contributed by atoms with Crippen molar-refractivity contribution in [3.63, 3.8) is 0 Å². The second-order valence-electron chi connectivity index (χ2n) is 14.6. The van der Waals surface area contributed by atoms with Crippen LogP contribution < -0.4 is 9.64 Å². The summed E-state index contributed by atoms with van der Waals surface area (Å²) in [5.41, 5.74) is 0.780. The van der Waals surface area contributed by atoms with E-state index in [1.54, 1.807) is 60.4 Å². The summed E-state index contributed by atoms with van der Waals surface area (Å²) in [6.07, 6.45) is 3.61. The van der Waals surface area contributed by atoms with Crippen LogP contribution in [-0.4, -0.2) is 95.7 Å². The van der Waals surface area contributed by atoms with Gasteiger partial charge in [-0.3, -0.25) is 19.2 Å². The Labute approximate surface area is 323 Å². The van der Waals surface area contributed by atoms with E-state index in [0.717, 1.165) is 5.56 Å². The molecular weight excluding hydrogens is 698 g/mol. The molecule has 0 saturated carbocycles. The molecule has 290 valence electrons. The predicted octanol–water partition coefficient (Wildman–Crippen LogP) is 5.29. The van der Waals surface area contributed by atoms with Crippen LogP contribution in [-0.2, 0) is 35.1 Å². The fourth-order valence-corrected chi connectivity index (χ4v) is 8.65. The van der Waals surface area contributed by atoms with E-state index in [4.69, 9.17) is 14.2 Å². The van der Waals surface area contributed by atoms with Gasteiger partial charge in [-0.2, -0.15) is 0 Å². The van der Waals surface area contributed by atoms with E-state index in [9.17, 15) is 14.7 Å². The molecule has 55 heavy (non-hydrogen) atoms. The number of amides is 3. The monoisotopic (exact) mass is 749 g/mol. The molecule has 0 aromatic heterocycles. The molecule has 3 aliphatic heterocycles. The number of methoxy groups -OCH3 is 1. The number of allylic oxidation sites excluding steroid dienone is 1. The number of ether oxygens (including phenoxy) is 3. The molecule has 0 aliphatic carbocycles. The van der Waals surface area contributed by atoms with Crippen LogP contribution >= 0.6 is 0 Å². The topological polar surface area (TPSA) is 126 Å². The molecular formula is C44H51N3O8. The molecule has 2 bridgehead atoms. The van der Waals surface area contributed by atoms with Gasteiger partial charge in [0.15, 0.2) is 0 Å². The number of likely N-dealkylation sites (N-methyl/N-ethyl adjacent to an activating group) is 1. The first kappa shape index (κ1) is 39.4. The lowest BCUT2D eigenvalue weighted by Gasteiger charge is -2.39. The van der Waals surface area contributed by atoms with Crippen molar-refractivity contribution in [1.82, 2.24) is 9.80 Å². The minimum atomic E-state index is -1.36. The zero-order chi connectivity index (χ0) is 39.3. The summed E-state index contributed by atoms with van der Waals surface area (Å²) in [6, 6.07) is 23.2. The molecule has 0 radical (unpaired) electrons. The van der Waals surface area contributed by atoms with Gasteiger partial charge in [-0.25, -0.2) is 0 Å². The SMILES string of the molecule is C=CCCC(=O)N(C)[C@H](C)[C@H](OC(=O)[C@@H]1[C@H]2C(=O)N([C@@H](CO)Cc3ccccc3)[C@H](C(=O)N(CC=C)c3ccc(OC)cc3)[C@]23CC[C@H]1O3)c1ccccc1. The summed E-state index contributed by atoms with van der Waals surface area (Å²) in [4.78, 5) is 62.5. The van der Waals surface area contributed by atoms with Gasteiger partial charge < -0.3 is 34.0 Å². The fourth-order valence-electron chi connectivity index (χ4n) is 8.65. The van der Waals surface area contributed by atoms with Crippen molar-refractivity contribution in [2.75, 3.05) is 32.2 Å². The van der Waals surface area contributed by atoms with Gasteiger partial charge in [0.1, 0.15) is 23.5 Å². The molecule has 3 saturated heterocycles. The fraction of sp³-hybridized carbons (Fsp3) is 0.409. The average Bonchev–Trinajstić information content (AvgIpc) is 3.87. The number of esters is 1. The van der Waals surface area contributed by atoms with E-state index < -0.39 is 72.2 Å². The summed E-state index contributed by atoms with van der Waals surface area (Å²) < 4.78 is 18.5. The number of aliphatic hydroxyl groups excluding tert-OH is 1. The normalized spacial score (nSPS) is 24.0. The maximum atomic E-state index is 15.1. The van der Waals surface area contributed by atoms with Gasteiger partial charge >= 0.3 is 5.97 Å². The second kappa shape index (κ2) is 17.0. The first-order valence-electron chi connectivity index (χ1n) is 18.9. The van der Waals surface area contributed by atoms with Crippen LogP contribution in [0.2, 0.25) is 0 Å². The molecule has 11 nitrogen and oxygen atoms in total. The number of benzene rings is 3. The highest BCUT2D eigenvalue weighted by Crippen LogP contribution is 2.59. The highest BCUT2D eigenvalue weighted by molar-refractivity contribution is 6.05. The summed E-state index contributed by atoms with van der Waals surface area (Å²) in [5.74, 6) is -3.05. The van der Waals surface area contributed by atoms with Crippen LogP contribution in [0.25, 0.3) is 0 Å². The molecule has 1 N–H and O–H groups in total. The molecule has 6 rings (SSSR count). The number of hydrogen-bond donors (Lipinski definition) is 1. The molecule has 8 atom stereocenters. The standard InChI is InChI=1S/C44H51N3O8/c1-6-8-19-36(49)45(4)29(3)39(31-17-13-10-14-18-31)54-43(52)37-35-24-25-44(55-35)38(37)41(50)47(33(28-48)27-30-15-11-9-12-16-30)40(44)42(51)46(26-7-2)32-20-22-34(53-5)23-21-32/h6-7,9-18,20-23,29,33,35,37-40,48H,1-2,8,19,24-28H2,3-5H3/t29-,33-,35-,37+,38+,39+,40-,44+/m1/s1. The molecule has 3 amide bonds. The van der Waals surface area contributed by atoms with E-state index in [0.29, 0.717) is 36.3 Å². The van der Waals surface area contributed by atoms with Crippen LogP contribution in [0.5, 0.6) is 5.75 Å². The number of carbonyl (C=O) groups excluding carboxylic acids is 4. The highest BCUT2D eigenvalue weighted by atomic mass is 16.6. The maximum Gasteiger partial charge on any atom is 0.313 e. The number of likely N-dealkylation sites (tertiary alicyclic amines) is 1. The van der Waals surface area contributed by atoms with Gasteiger partial charge in [-0.15, -0.1) is 13.2 Å². The predicted molar refractivity (Wildman–Crippen MR) is 208 cm³/mol. The van der Waals surface area contributed by atoms with Gasteiger partial charge in [0, 0.05) is 25.7 Å². The molecule has 3 aliphatic rings. The van der Waals surface area contributed by atoms with Gasteiger partial charge in [0.2, 0.25) is 11.8 Å². The lowest BCUT2D eigenvalue weighted by Crippen LogP contribution is -2.59. The Hall–Kier alpha value is -5.26. The number of aliphatic hydroxyl groups is 1. The van der Waals surface area contributed by atoms with Crippen molar-refractivity contribution in [1.29, 1.82) is 0 Å². The summed E-state index contributed by atoms with van der Waals surface area (Å²) in [6.45, 7) is 9.17. The van der Waals surface area contributed by atoms with Crippen LogP contribution in [0.4, 0.5) is 5.69 Å². The molecule has 3 aromatic carbocycles. The minimum absolute atomic E-state index is 0.121. The highest BCUT2D eigenvalue weighted by Gasteiger charge is 2.75. The van der Waals surface area contributed by atoms with Crippen molar-refractivity contribution in [3.05, 3.63) is 121 Å². The Balaban J connectivity index is 1.38. The quantitative estimate of drug-likeness (QED) is 0.146. The molecule has 11 heteroatoms. The Morgan fingerprint density at radius 2 is 1.69 bits per heavy atom. The van der Waals surface area contributed by atoms with Crippen molar-refractivity contribution >= 4 is 29.4 Å². The molecule has 1 spiro atoms. The Bertz CT molecular complexity index is 1850. The second-order valence-corrected chi connectivity index (χ2v) is 14.6. The molecule has 3 heterocycles. The lowest BCUT2D eigenvalue weighted by atomic mass is 9.70. The van der Waals surface area contributed by atoms with Crippen molar-refractivity contribution in [2.24, 2.45) is 11.8 Å². The largest absolute Gasteiger partial charge is 0.497 e. The van der Waals surface area contributed by atoms with E-state index in [-0.39, 0.29) is 25.3 Å². The van der Waals surface area contributed by atoms with Crippen molar-refractivity contribution in [3.8, 4) is 5.75 Å². The first-order chi connectivity index (χ1) is 26.6. The number of hydrogen-bond acceptors (Lipinski definition) is 8. The maximum absolute atomic E-state index is 15.1. The number of anilines is 1. The number of rotatable bonds is 17. The van der Waals surface area contributed by atoms with Crippen molar-refractivity contribution in [2.45, 2.75) is 75.0 Å². The third-order valence-corrected chi connectivity index (χ3v) is 11.5. The Morgan fingerprint density at radius 3 is 2.31 bits per heavy atom. The average molecular weight is 750 g/mol. The number of fused-ring (bicyclic) bond motifs is 1. The third kappa shape index (κ3) is 7.55. The Kier molecular flexibility index (Phi) is 12.2. The zero-order valence-electron chi connectivity index (χ0n) is 31.8. The molecule has 3 fully saturated rings. The number of nitrogens with zero attached hydrogens (tertiary/aromatic N) is 3. The third-order valence-electron chi connectivity index (χ3n) is 11.5. The first-order valence-corrected chi connectivity index (χ1v) is 18.9. The summed E-state index contributed by atoms with van der Waals surface area (Å²) in [5, 5.41) is 10.9. The minimum Gasteiger partial charge on any atom is -0.497 e. The zero-order valence-corrected chi connectivity index (χ0v) is 31.8. The Morgan fingerprint density at radius 1 is 1.02 bits per heavy atom. The van der Waals surface area contributed by atoms with E-state index in [1.807, 2.05) is 67.6 Å². The van der Waals surface area contributed by atoms with Crippen LogP contribution in [0.3, 0.4) is 0 Å². The van der Waals surface area contributed by atoms with E-state index in [2.05, 4.69) is 13.2 Å². The van der Waals surface area contributed by atoms with Gasteiger partial charge in [-0.1, -0.05) is 72.8 Å². The van der Waals surface area contributed by atoms with E-state index in [1.165, 1.54) is 4.90 Å². The van der Waals surface area contributed by atoms with E-state index >= 15 is 9.59 Å². The smallest absolute Gasteiger partial charge is 0.313 e. The summed E-state index contributed by atoms with van der Waals surface area (Å²) >= 11 is 0. The van der Waals surface area contributed by atoms with Gasteiger partial charge in [0.25, 0.3) is 5.91 Å². The molecule has 0 unspecified atom stereocenters. The van der Waals surface area contributed by atoms with Gasteiger partial charge in [-0.05, 0) is 68.0 Å². The van der Waals surface area contributed by atoms with Crippen molar-refractivity contribution < 1.29 is 38.5 Å². The van der Waals surface area contributed by atoms with Crippen LogP contribution in [0.15, 0.2) is 110 Å². The van der Waals surface area contributed by atoms with Gasteiger partial charge in [0.05, 0.1) is 43.7 Å². The van der Waals surface area contributed by atoms with Crippen LogP contribution in [0, 0.1) is 11.8 Å².